The molecule has 0 radical (unpaired) electrons. The second kappa shape index (κ2) is 7.55. The molecule has 0 bridgehead atoms. The van der Waals surface area contributed by atoms with Crippen LogP contribution in [0.15, 0.2) is 48.7 Å². The standard InChI is InChI=1S/C18H16ClN3OS/c1-12-16(24-18(22-12)15-4-2-3-10-20-15)17(23)21-11-9-13-5-7-14(19)8-6-13/h2-8,10H,9,11H2,1H3,(H,21,23). The van der Waals surface area contributed by atoms with E-state index in [0.717, 1.165) is 28.4 Å². The average molecular weight is 358 g/mol. The Labute approximate surface area is 149 Å². The molecule has 3 rings (SSSR count). The second-order valence-corrected chi connectivity index (χ2v) is 6.72. The number of aromatic nitrogens is 2. The summed E-state index contributed by atoms with van der Waals surface area (Å²) in [4.78, 5) is 21.7. The number of nitrogens with one attached hydrogen (secondary N) is 1. The first-order valence-corrected chi connectivity index (χ1v) is 8.74. The van der Waals surface area contributed by atoms with Gasteiger partial charge in [-0.25, -0.2) is 4.98 Å². The molecule has 122 valence electrons. The van der Waals surface area contributed by atoms with Gasteiger partial charge in [0.25, 0.3) is 5.91 Å². The van der Waals surface area contributed by atoms with E-state index in [4.69, 9.17) is 11.6 Å². The molecule has 0 unspecified atom stereocenters. The summed E-state index contributed by atoms with van der Waals surface area (Å²) in [5.41, 5.74) is 2.64. The first kappa shape index (κ1) is 16.6. The number of halogens is 1. The van der Waals surface area contributed by atoms with Crippen LogP contribution in [-0.4, -0.2) is 22.4 Å². The zero-order chi connectivity index (χ0) is 16.9. The molecule has 0 aliphatic carbocycles. The van der Waals surface area contributed by atoms with Crippen molar-refractivity contribution in [3.05, 3.63) is 69.8 Å². The lowest BCUT2D eigenvalue weighted by atomic mass is 10.1. The van der Waals surface area contributed by atoms with Crippen LogP contribution in [-0.2, 0) is 6.42 Å². The molecule has 4 nitrogen and oxygen atoms in total. The smallest absolute Gasteiger partial charge is 0.263 e. The van der Waals surface area contributed by atoms with Crippen molar-refractivity contribution < 1.29 is 4.79 Å². The Morgan fingerprint density at radius 1 is 1.21 bits per heavy atom. The SMILES string of the molecule is Cc1nc(-c2ccccn2)sc1C(=O)NCCc1ccc(Cl)cc1. The first-order chi connectivity index (χ1) is 11.6. The normalized spacial score (nSPS) is 10.6. The summed E-state index contributed by atoms with van der Waals surface area (Å²) < 4.78 is 0. The molecule has 0 saturated heterocycles. The molecule has 3 aromatic rings. The van der Waals surface area contributed by atoms with Gasteiger partial charge < -0.3 is 5.32 Å². The van der Waals surface area contributed by atoms with Crippen molar-refractivity contribution in [1.29, 1.82) is 0 Å². The number of benzene rings is 1. The highest BCUT2D eigenvalue weighted by atomic mass is 35.5. The van der Waals surface area contributed by atoms with Crippen molar-refractivity contribution in [3.63, 3.8) is 0 Å². The summed E-state index contributed by atoms with van der Waals surface area (Å²) in [6.07, 6.45) is 2.48. The van der Waals surface area contributed by atoms with Crippen LogP contribution >= 0.6 is 22.9 Å². The summed E-state index contributed by atoms with van der Waals surface area (Å²) in [6, 6.07) is 13.3. The summed E-state index contributed by atoms with van der Waals surface area (Å²) in [5, 5.41) is 4.42. The van der Waals surface area contributed by atoms with Crippen molar-refractivity contribution in [3.8, 4) is 10.7 Å². The van der Waals surface area contributed by atoms with Crippen LogP contribution in [0.1, 0.15) is 20.9 Å². The molecule has 2 heterocycles. The summed E-state index contributed by atoms with van der Waals surface area (Å²) >= 11 is 7.23. The largest absolute Gasteiger partial charge is 0.351 e. The van der Waals surface area contributed by atoms with Crippen molar-refractivity contribution >= 4 is 28.8 Å². The number of carbonyl (C=O) groups is 1. The fourth-order valence-corrected chi connectivity index (χ4v) is 3.34. The molecule has 0 fully saturated rings. The number of amides is 1. The third-order valence-electron chi connectivity index (χ3n) is 3.50. The molecule has 0 aliphatic heterocycles. The highest BCUT2D eigenvalue weighted by Crippen LogP contribution is 2.26. The summed E-state index contributed by atoms with van der Waals surface area (Å²) in [6.45, 7) is 2.41. The maximum Gasteiger partial charge on any atom is 0.263 e. The van der Waals surface area contributed by atoms with Crippen molar-refractivity contribution in [2.45, 2.75) is 13.3 Å². The van der Waals surface area contributed by atoms with Gasteiger partial charge in [0.2, 0.25) is 0 Å². The highest BCUT2D eigenvalue weighted by Gasteiger charge is 2.16. The summed E-state index contributed by atoms with van der Waals surface area (Å²) in [5.74, 6) is -0.0962. The molecule has 0 spiro atoms. The second-order valence-electron chi connectivity index (χ2n) is 5.28. The lowest BCUT2D eigenvalue weighted by Crippen LogP contribution is -2.25. The molecule has 1 aromatic carbocycles. The van der Waals surface area contributed by atoms with Gasteiger partial charge in [0, 0.05) is 17.8 Å². The quantitative estimate of drug-likeness (QED) is 0.746. The minimum atomic E-state index is -0.0962. The number of hydrogen-bond donors (Lipinski definition) is 1. The molecule has 1 amide bonds. The third-order valence-corrected chi connectivity index (χ3v) is 4.93. The first-order valence-electron chi connectivity index (χ1n) is 7.55. The van der Waals surface area contributed by atoms with E-state index in [2.05, 4.69) is 15.3 Å². The van der Waals surface area contributed by atoms with E-state index in [1.807, 2.05) is 49.4 Å². The summed E-state index contributed by atoms with van der Waals surface area (Å²) in [7, 11) is 0. The topological polar surface area (TPSA) is 54.9 Å². The number of thiazole rings is 1. The van der Waals surface area contributed by atoms with Gasteiger partial charge in [-0.2, -0.15) is 0 Å². The number of pyridine rings is 1. The molecule has 2 aromatic heterocycles. The highest BCUT2D eigenvalue weighted by molar-refractivity contribution is 7.17. The molecule has 0 saturated carbocycles. The van der Waals surface area contributed by atoms with Gasteiger partial charge in [-0.05, 0) is 43.2 Å². The van der Waals surface area contributed by atoms with Crippen LogP contribution in [0.25, 0.3) is 10.7 Å². The average Bonchev–Trinajstić information content (AvgIpc) is 2.99. The fourth-order valence-electron chi connectivity index (χ4n) is 2.26. The van der Waals surface area contributed by atoms with E-state index in [-0.39, 0.29) is 5.91 Å². The number of nitrogens with zero attached hydrogens (tertiary/aromatic N) is 2. The Balaban J connectivity index is 1.63. The minimum absolute atomic E-state index is 0.0962. The van der Waals surface area contributed by atoms with Gasteiger partial charge in [-0.3, -0.25) is 9.78 Å². The molecule has 24 heavy (non-hydrogen) atoms. The molecule has 6 heteroatoms. The number of aryl methyl sites for hydroxylation is 1. The lowest BCUT2D eigenvalue weighted by molar-refractivity contribution is 0.0957. The maximum absolute atomic E-state index is 12.4. The predicted octanol–water partition coefficient (Wildman–Crippen LogP) is 4.14. The van der Waals surface area contributed by atoms with Crippen LogP contribution in [0.2, 0.25) is 5.02 Å². The molecule has 1 N–H and O–H groups in total. The Hall–Kier alpha value is -2.24. The van der Waals surface area contributed by atoms with Gasteiger partial charge in [-0.1, -0.05) is 29.8 Å². The minimum Gasteiger partial charge on any atom is -0.351 e. The van der Waals surface area contributed by atoms with Crippen LogP contribution < -0.4 is 5.32 Å². The van der Waals surface area contributed by atoms with Gasteiger partial charge in [-0.15, -0.1) is 11.3 Å². The Morgan fingerprint density at radius 3 is 2.71 bits per heavy atom. The lowest BCUT2D eigenvalue weighted by Gasteiger charge is -2.04. The number of hydrogen-bond acceptors (Lipinski definition) is 4. The van der Waals surface area contributed by atoms with Crippen LogP contribution in [0, 0.1) is 6.92 Å². The van der Waals surface area contributed by atoms with Gasteiger partial charge in [0.05, 0.1) is 11.4 Å². The van der Waals surface area contributed by atoms with Crippen molar-refractivity contribution in [2.24, 2.45) is 0 Å². The fraction of sp³-hybridized carbons (Fsp3) is 0.167. The number of carbonyl (C=O) groups excluding carboxylic acids is 1. The van der Waals surface area contributed by atoms with Crippen LogP contribution in [0.5, 0.6) is 0 Å². The third kappa shape index (κ3) is 3.99. The van der Waals surface area contributed by atoms with Gasteiger partial charge >= 0.3 is 0 Å². The zero-order valence-corrected chi connectivity index (χ0v) is 14.7. The van der Waals surface area contributed by atoms with E-state index < -0.39 is 0 Å². The molecule has 0 aliphatic rings. The zero-order valence-electron chi connectivity index (χ0n) is 13.1. The van der Waals surface area contributed by atoms with E-state index in [1.54, 1.807) is 6.20 Å². The predicted molar refractivity (Wildman–Crippen MR) is 97.6 cm³/mol. The monoisotopic (exact) mass is 357 g/mol. The van der Waals surface area contributed by atoms with Crippen LogP contribution in [0.4, 0.5) is 0 Å². The molecule has 0 atom stereocenters. The van der Waals surface area contributed by atoms with E-state index >= 15 is 0 Å². The molecular formula is C18H16ClN3OS. The van der Waals surface area contributed by atoms with Gasteiger partial charge in [0.15, 0.2) is 0 Å². The Kier molecular flexibility index (Phi) is 5.23. The molecular weight excluding hydrogens is 342 g/mol. The van der Waals surface area contributed by atoms with E-state index in [1.165, 1.54) is 11.3 Å². The van der Waals surface area contributed by atoms with Gasteiger partial charge in [0.1, 0.15) is 9.88 Å². The Morgan fingerprint density at radius 2 is 2.00 bits per heavy atom. The van der Waals surface area contributed by atoms with Crippen LogP contribution in [0.3, 0.4) is 0 Å². The Bertz CT molecular complexity index is 831. The van der Waals surface area contributed by atoms with Crippen molar-refractivity contribution in [2.75, 3.05) is 6.54 Å². The number of rotatable bonds is 5. The van der Waals surface area contributed by atoms with E-state index in [9.17, 15) is 4.79 Å². The maximum atomic E-state index is 12.4. The van der Waals surface area contributed by atoms with Crippen molar-refractivity contribution in [1.82, 2.24) is 15.3 Å². The van der Waals surface area contributed by atoms with E-state index in [0.29, 0.717) is 16.4 Å².